The summed E-state index contributed by atoms with van der Waals surface area (Å²) in [7, 11) is 0. The fraction of sp³-hybridized carbons (Fsp3) is 0.632. The molecule has 1 aromatic carbocycles. The van der Waals surface area contributed by atoms with Gasteiger partial charge < -0.3 is 4.98 Å². The van der Waals surface area contributed by atoms with Gasteiger partial charge in [0.15, 0.2) is 3.95 Å². The fourth-order valence-electron chi connectivity index (χ4n) is 2.97. The van der Waals surface area contributed by atoms with Gasteiger partial charge >= 0.3 is 0 Å². The lowest BCUT2D eigenvalue weighted by Gasteiger charge is -2.03. The molecule has 1 heterocycles. The van der Waals surface area contributed by atoms with E-state index in [-0.39, 0.29) is 0 Å². The Morgan fingerprint density at radius 1 is 0.909 bits per heavy atom. The van der Waals surface area contributed by atoms with Crippen LogP contribution in [-0.4, -0.2) is 4.98 Å². The number of H-pyrrole nitrogens is 1. The molecule has 0 aliphatic heterocycles. The van der Waals surface area contributed by atoms with Gasteiger partial charge in [-0.2, -0.15) is 0 Å². The molecule has 1 N–H and O–H groups in total. The van der Waals surface area contributed by atoms with Crippen molar-refractivity contribution in [2.75, 3.05) is 0 Å². The Balaban J connectivity index is 1.55. The average Bonchev–Trinajstić information content (AvgIpc) is 2.88. The molecule has 0 amide bonds. The van der Waals surface area contributed by atoms with Crippen LogP contribution in [0.15, 0.2) is 18.2 Å². The van der Waals surface area contributed by atoms with Gasteiger partial charge in [-0.1, -0.05) is 70.8 Å². The minimum atomic E-state index is 0.881. The summed E-state index contributed by atoms with van der Waals surface area (Å²) in [6.45, 7) is 2.28. The highest BCUT2D eigenvalue weighted by Crippen LogP contribution is 2.21. The van der Waals surface area contributed by atoms with E-state index < -0.39 is 0 Å². The van der Waals surface area contributed by atoms with Crippen molar-refractivity contribution >= 4 is 33.8 Å². The molecule has 1 aromatic heterocycles. The van der Waals surface area contributed by atoms with Crippen LogP contribution >= 0.6 is 23.6 Å². The van der Waals surface area contributed by atoms with Gasteiger partial charge in [-0.25, -0.2) is 0 Å². The molecule has 0 saturated heterocycles. The Morgan fingerprint density at radius 3 is 2.23 bits per heavy atom. The van der Waals surface area contributed by atoms with E-state index in [2.05, 4.69) is 30.1 Å². The van der Waals surface area contributed by atoms with Crippen molar-refractivity contribution in [2.24, 2.45) is 0 Å². The summed E-state index contributed by atoms with van der Waals surface area (Å²) in [6, 6.07) is 6.74. The molecular weight excluding hydrogens is 306 g/mol. The number of benzene rings is 1. The maximum absolute atomic E-state index is 5.20. The molecule has 0 saturated carbocycles. The number of fused-ring (bicyclic) bond motifs is 1. The third-order valence-corrected chi connectivity index (χ3v) is 5.52. The van der Waals surface area contributed by atoms with Crippen LogP contribution in [0.25, 0.3) is 10.2 Å². The van der Waals surface area contributed by atoms with Crippen LogP contribution < -0.4 is 0 Å². The van der Waals surface area contributed by atoms with Gasteiger partial charge in [0.2, 0.25) is 0 Å². The second-order valence-corrected chi connectivity index (χ2v) is 8.00. The lowest BCUT2D eigenvalue weighted by atomic mass is 10.0. The van der Waals surface area contributed by atoms with Gasteiger partial charge in [0.1, 0.15) is 0 Å². The van der Waals surface area contributed by atoms with E-state index in [1.54, 1.807) is 11.3 Å². The molecule has 122 valence electrons. The third-order valence-electron chi connectivity index (χ3n) is 4.30. The van der Waals surface area contributed by atoms with E-state index in [4.69, 9.17) is 12.2 Å². The Kier molecular flexibility index (Phi) is 8.17. The van der Waals surface area contributed by atoms with Crippen LogP contribution in [-0.2, 0) is 6.42 Å². The molecule has 22 heavy (non-hydrogen) atoms. The molecule has 0 aliphatic rings. The summed E-state index contributed by atoms with van der Waals surface area (Å²) < 4.78 is 2.16. The first kappa shape index (κ1) is 17.7. The second-order valence-electron chi connectivity index (χ2n) is 6.28. The van der Waals surface area contributed by atoms with Crippen LogP contribution in [0.5, 0.6) is 0 Å². The third kappa shape index (κ3) is 6.21. The van der Waals surface area contributed by atoms with Crippen molar-refractivity contribution in [3.63, 3.8) is 0 Å². The Labute approximate surface area is 144 Å². The van der Waals surface area contributed by atoms with Gasteiger partial charge in [0.05, 0.1) is 10.2 Å². The first-order valence-corrected chi connectivity index (χ1v) is 10.1. The van der Waals surface area contributed by atoms with Crippen LogP contribution in [0.3, 0.4) is 0 Å². The van der Waals surface area contributed by atoms with Gasteiger partial charge in [-0.05, 0) is 42.8 Å². The molecule has 0 aliphatic carbocycles. The largest absolute Gasteiger partial charge is 0.337 e. The molecule has 0 fully saturated rings. The van der Waals surface area contributed by atoms with Crippen LogP contribution in [0.2, 0.25) is 0 Å². The highest BCUT2D eigenvalue weighted by Gasteiger charge is 2.00. The summed E-state index contributed by atoms with van der Waals surface area (Å²) >= 11 is 6.86. The maximum Gasteiger partial charge on any atom is 0.159 e. The van der Waals surface area contributed by atoms with Crippen molar-refractivity contribution < 1.29 is 0 Å². The number of hydrogen-bond donors (Lipinski definition) is 1. The lowest BCUT2D eigenvalue weighted by Crippen LogP contribution is -1.87. The first-order valence-electron chi connectivity index (χ1n) is 8.91. The number of aromatic nitrogens is 1. The highest BCUT2D eigenvalue weighted by molar-refractivity contribution is 7.73. The second kappa shape index (κ2) is 10.2. The highest BCUT2D eigenvalue weighted by atomic mass is 32.1. The summed E-state index contributed by atoms with van der Waals surface area (Å²) in [4.78, 5) is 3.27. The minimum Gasteiger partial charge on any atom is -0.337 e. The molecule has 2 aromatic rings. The Bertz CT molecular complexity index is 597. The van der Waals surface area contributed by atoms with E-state index in [1.165, 1.54) is 86.4 Å². The molecule has 2 rings (SSSR count). The van der Waals surface area contributed by atoms with E-state index in [0.29, 0.717) is 0 Å². The zero-order valence-electron chi connectivity index (χ0n) is 13.8. The predicted molar refractivity (Wildman–Crippen MR) is 103 cm³/mol. The van der Waals surface area contributed by atoms with Gasteiger partial charge in [-0.3, -0.25) is 0 Å². The molecule has 0 radical (unpaired) electrons. The molecule has 0 spiro atoms. The Hall–Kier alpha value is -0.670. The summed E-state index contributed by atoms with van der Waals surface area (Å²) in [6.07, 6.45) is 15.2. The molecule has 0 atom stereocenters. The van der Waals surface area contributed by atoms with Crippen molar-refractivity contribution in [1.82, 2.24) is 4.98 Å². The number of aromatic amines is 1. The lowest BCUT2D eigenvalue weighted by molar-refractivity contribution is 0.556. The van der Waals surface area contributed by atoms with Gasteiger partial charge in [0.25, 0.3) is 0 Å². The minimum absolute atomic E-state index is 0.881. The van der Waals surface area contributed by atoms with Crippen molar-refractivity contribution in [3.05, 3.63) is 27.7 Å². The van der Waals surface area contributed by atoms with E-state index >= 15 is 0 Å². The first-order chi connectivity index (χ1) is 10.8. The number of thiazole rings is 1. The molecule has 1 nitrogen and oxygen atoms in total. The Morgan fingerprint density at radius 2 is 1.55 bits per heavy atom. The predicted octanol–water partition coefficient (Wildman–Crippen LogP) is 7.42. The topological polar surface area (TPSA) is 15.8 Å². The number of rotatable bonds is 11. The average molecular weight is 336 g/mol. The number of hydrogen-bond acceptors (Lipinski definition) is 2. The van der Waals surface area contributed by atoms with Gasteiger partial charge in [0, 0.05) is 0 Å². The zero-order chi connectivity index (χ0) is 15.6. The molecule has 0 bridgehead atoms. The SMILES string of the molecule is CCCCCCCCCCCCc1ccc2sc(=S)[nH]c2c1. The summed E-state index contributed by atoms with van der Waals surface area (Å²) in [5.74, 6) is 0. The standard InChI is InChI=1S/C19H29NS2/c1-2-3-4-5-6-7-8-9-10-11-12-16-13-14-18-17(15-16)20-19(21)22-18/h13-15H,2-12H2,1H3,(H,20,21). The van der Waals surface area contributed by atoms with Crippen molar-refractivity contribution in [1.29, 1.82) is 0 Å². The number of aryl methyl sites for hydroxylation is 1. The van der Waals surface area contributed by atoms with E-state index in [1.807, 2.05) is 0 Å². The normalized spacial score (nSPS) is 11.3. The monoisotopic (exact) mass is 335 g/mol. The van der Waals surface area contributed by atoms with E-state index in [9.17, 15) is 0 Å². The maximum atomic E-state index is 5.20. The summed E-state index contributed by atoms with van der Waals surface area (Å²) in [5.41, 5.74) is 2.65. The molecule has 0 unspecified atom stereocenters. The fourth-order valence-corrected chi connectivity index (χ4v) is 4.07. The molecular formula is C19H29NS2. The smallest absolute Gasteiger partial charge is 0.159 e. The summed E-state index contributed by atoms with van der Waals surface area (Å²) in [5, 5.41) is 0. The quantitative estimate of drug-likeness (QED) is 0.333. The van der Waals surface area contributed by atoms with Crippen LogP contribution in [0.4, 0.5) is 0 Å². The number of unbranched alkanes of at least 4 members (excludes halogenated alkanes) is 9. The van der Waals surface area contributed by atoms with Crippen molar-refractivity contribution in [2.45, 2.75) is 77.6 Å². The van der Waals surface area contributed by atoms with Crippen LogP contribution in [0, 0.1) is 3.95 Å². The molecule has 3 heteroatoms. The number of nitrogens with one attached hydrogen (secondary N) is 1. The van der Waals surface area contributed by atoms with Crippen molar-refractivity contribution in [3.8, 4) is 0 Å². The van der Waals surface area contributed by atoms with E-state index in [0.717, 1.165) is 3.95 Å². The van der Waals surface area contributed by atoms with Gasteiger partial charge in [-0.15, -0.1) is 11.3 Å². The van der Waals surface area contributed by atoms with Crippen LogP contribution in [0.1, 0.15) is 76.7 Å². The zero-order valence-corrected chi connectivity index (χ0v) is 15.5.